The van der Waals surface area contributed by atoms with Gasteiger partial charge in [0.15, 0.2) is 12.4 Å². The number of benzene rings is 2. The minimum Gasteiger partial charge on any atom is -0.480 e. The third-order valence-electron chi connectivity index (χ3n) is 5.07. The summed E-state index contributed by atoms with van der Waals surface area (Å²) in [6, 6.07) is 16.3. The van der Waals surface area contributed by atoms with Crippen LogP contribution in [-0.2, 0) is 14.3 Å². The van der Waals surface area contributed by atoms with Crippen LogP contribution in [0.5, 0.6) is 5.75 Å². The van der Waals surface area contributed by atoms with Crippen molar-refractivity contribution in [3.63, 3.8) is 0 Å². The molecule has 2 heterocycles. The molecule has 2 amide bonds. The molecule has 170 valence electrons. The van der Waals surface area contributed by atoms with E-state index in [4.69, 9.17) is 9.47 Å². The number of nitrogens with zero attached hydrogens (tertiary/aromatic N) is 3. The summed E-state index contributed by atoms with van der Waals surface area (Å²) in [5, 5.41) is 7.07. The second kappa shape index (κ2) is 9.99. The molecule has 0 bridgehead atoms. The van der Waals surface area contributed by atoms with Crippen molar-refractivity contribution in [3.8, 4) is 11.4 Å². The maximum absolute atomic E-state index is 12.6. The van der Waals surface area contributed by atoms with Crippen LogP contribution in [0.2, 0.25) is 0 Å². The van der Waals surface area contributed by atoms with Crippen LogP contribution in [0, 0.1) is 0 Å². The van der Waals surface area contributed by atoms with E-state index in [1.54, 1.807) is 30.0 Å². The Morgan fingerprint density at radius 1 is 1.09 bits per heavy atom. The Morgan fingerprint density at radius 3 is 2.58 bits per heavy atom. The zero-order chi connectivity index (χ0) is 23.2. The number of rotatable bonds is 8. The van der Waals surface area contributed by atoms with E-state index in [9.17, 15) is 14.4 Å². The smallest absolute Gasteiger partial charge is 0.362 e. The number of carbonyl (C=O) groups excluding carboxylic acids is 3. The van der Waals surface area contributed by atoms with Crippen molar-refractivity contribution in [3.05, 3.63) is 66.5 Å². The van der Waals surface area contributed by atoms with Gasteiger partial charge >= 0.3 is 5.97 Å². The number of esters is 1. The summed E-state index contributed by atoms with van der Waals surface area (Å²) in [7, 11) is 0. The first-order chi connectivity index (χ1) is 16.1. The minimum atomic E-state index is -0.638. The fourth-order valence-corrected chi connectivity index (χ4v) is 3.56. The number of para-hydroxylation sites is 3. The molecule has 0 unspecified atom stereocenters. The van der Waals surface area contributed by atoms with Crippen LogP contribution in [0.15, 0.2) is 60.8 Å². The molecule has 0 saturated carbocycles. The van der Waals surface area contributed by atoms with Crippen LogP contribution in [0.4, 0.5) is 11.4 Å². The number of hydrogen-bond donors (Lipinski definition) is 1. The molecule has 1 aromatic heterocycles. The minimum absolute atomic E-state index is 0.0171. The maximum atomic E-state index is 12.6. The van der Waals surface area contributed by atoms with Gasteiger partial charge in [-0.2, -0.15) is 5.10 Å². The van der Waals surface area contributed by atoms with Crippen molar-refractivity contribution in [2.75, 3.05) is 30.0 Å². The first-order valence-corrected chi connectivity index (χ1v) is 10.7. The molecule has 0 aliphatic carbocycles. The summed E-state index contributed by atoms with van der Waals surface area (Å²) in [6.45, 7) is 2.14. The Morgan fingerprint density at radius 2 is 1.85 bits per heavy atom. The number of amides is 2. The van der Waals surface area contributed by atoms with Crippen molar-refractivity contribution >= 4 is 29.2 Å². The van der Waals surface area contributed by atoms with Gasteiger partial charge in [-0.15, -0.1) is 0 Å². The average molecular weight is 448 g/mol. The lowest BCUT2D eigenvalue weighted by molar-refractivity contribution is -0.118. The highest BCUT2D eigenvalue weighted by Crippen LogP contribution is 2.29. The number of aromatic nitrogens is 2. The van der Waals surface area contributed by atoms with Gasteiger partial charge in [0.1, 0.15) is 0 Å². The summed E-state index contributed by atoms with van der Waals surface area (Å²) >= 11 is 0. The van der Waals surface area contributed by atoms with E-state index in [0.29, 0.717) is 24.3 Å². The highest BCUT2D eigenvalue weighted by atomic mass is 16.5. The predicted molar refractivity (Wildman–Crippen MR) is 122 cm³/mol. The molecular weight excluding hydrogens is 424 g/mol. The molecule has 0 radical (unpaired) electrons. The van der Waals surface area contributed by atoms with E-state index in [2.05, 4.69) is 10.4 Å². The van der Waals surface area contributed by atoms with Gasteiger partial charge in [-0.05, 0) is 37.6 Å². The molecule has 1 aliphatic rings. The summed E-state index contributed by atoms with van der Waals surface area (Å²) in [4.78, 5) is 38.8. The third kappa shape index (κ3) is 5.03. The molecule has 0 atom stereocenters. The summed E-state index contributed by atoms with van der Waals surface area (Å²) in [5.41, 5.74) is 1.88. The number of hydrogen-bond acceptors (Lipinski definition) is 6. The largest absolute Gasteiger partial charge is 0.480 e. The Bertz CT molecular complexity index is 1160. The van der Waals surface area contributed by atoms with E-state index < -0.39 is 11.9 Å². The van der Waals surface area contributed by atoms with Gasteiger partial charge in [0.2, 0.25) is 11.6 Å². The van der Waals surface area contributed by atoms with Crippen LogP contribution >= 0.6 is 0 Å². The lowest BCUT2D eigenvalue weighted by atomic mass is 10.2. The molecule has 33 heavy (non-hydrogen) atoms. The highest BCUT2D eigenvalue weighted by molar-refractivity contribution is 6.02. The van der Waals surface area contributed by atoms with E-state index in [0.717, 1.165) is 12.1 Å². The molecule has 1 N–H and O–H groups in total. The second-order valence-corrected chi connectivity index (χ2v) is 7.35. The lowest BCUT2D eigenvalue weighted by Gasteiger charge is -2.20. The molecular formula is C24H24N4O5. The zero-order valence-electron chi connectivity index (χ0n) is 18.2. The molecule has 9 heteroatoms. The van der Waals surface area contributed by atoms with Crippen molar-refractivity contribution in [2.24, 2.45) is 0 Å². The van der Waals surface area contributed by atoms with E-state index in [-0.39, 0.29) is 30.6 Å². The average Bonchev–Trinajstić information content (AvgIpc) is 3.45. The Balaban J connectivity index is 1.49. The van der Waals surface area contributed by atoms with E-state index >= 15 is 0 Å². The molecule has 1 fully saturated rings. The highest BCUT2D eigenvalue weighted by Gasteiger charge is 2.25. The first-order valence-electron chi connectivity index (χ1n) is 10.7. The van der Waals surface area contributed by atoms with Crippen LogP contribution in [0.25, 0.3) is 5.69 Å². The Labute approximate surface area is 190 Å². The topological polar surface area (TPSA) is 103 Å². The fraction of sp³-hybridized carbons (Fsp3) is 0.250. The maximum Gasteiger partial charge on any atom is 0.362 e. The monoisotopic (exact) mass is 448 g/mol. The Hall–Kier alpha value is -4.14. The molecule has 1 aliphatic heterocycles. The standard InChI is InChI=1S/C24H24N4O5/c1-2-32-24(31)23-20(15-28(26-23)17-9-4-3-5-10-17)33-16-21(29)25-18-11-6-7-12-19(18)27-14-8-13-22(27)30/h3-7,9-12,15H,2,8,13-14,16H2,1H3,(H,25,29). The molecule has 0 spiro atoms. The zero-order valence-corrected chi connectivity index (χ0v) is 18.2. The number of carbonyl (C=O) groups is 3. The van der Waals surface area contributed by atoms with Gasteiger partial charge in [0.25, 0.3) is 5.91 Å². The van der Waals surface area contributed by atoms with Gasteiger partial charge in [-0.3, -0.25) is 9.59 Å². The molecule has 3 aromatic rings. The SMILES string of the molecule is CCOC(=O)c1nn(-c2ccccc2)cc1OCC(=O)Nc1ccccc1N1CCCC1=O. The Kier molecular flexibility index (Phi) is 6.68. The van der Waals surface area contributed by atoms with Crippen LogP contribution in [-0.4, -0.2) is 47.3 Å². The van der Waals surface area contributed by atoms with E-state index in [1.165, 1.54) is 10.9 Å². The second-order valence-electron chi connectivity index (χ2n) is 7.35. The van der Waals surface area contributed by atoms with Gasteiger partial charge in [0.05, 0.1) is 29.9 Å². The first kappa shape index (κ1) is 22.1. The van der Waals surface area contributed by atoms with Crippen molar-refractivity contribution in [1.82, 2.24) is 9.78 Å². The summed E-state index contributed by atoms with van der Waals surface area (Å²) in [6.07, 6.45) is 2.81. The number of nitrogens with one attached hydrogen (secondary N) is 1. The molecule has 4 rings (SSSR count). The van der Waals surface area contributed by atoms with Crippen LogP contribution in [0.3, 0.4) is 0 Å². The van der Waals surface area contributed by atoms with E-state index in [1.807, 2.05) is 36.4 Å². The fourth-order valence-electron chi connectivity index (χ4n) is 3.56. The number of anilines is 2. The number of ether oxygens (including phenoxy) is 2. The molecule has 9 nitrogen and oxygen atoms in total. The summed E-state index contributed by atoms with van der Waals surface area (Å²) in [5.74, 6) is -0.910. The van der Waals surface area contributed by atoms with Crippen molar-refractivity contribution in [2.45, 2.75) is 19.8 Å². The van der Waals surface area contributed by atoms with Gasteiger partial charge < -0.3 is 19.7 Å². The third-order valence-corrected chi connectivity index (χ3v) is 5.07. The van der Waals surface area contributed by atoms with Gasteiger partial charge in [0, 0.05) is 13.0 Å². The summed E-state index contributed by atoms with van der Waals surface area (Å²) < 4.78 is 12.2. The lowest BCUT2D eigenvalue weighted by Crippen LogP contribution is -2.27. The molecule has 2 aromatic carbocycles. The van der Waals surface area contributed by atoms with Crippen molar-refractivity contribution in [1.29, 1.82) is 0 Å². The predicted octanol–water partition coefficient (Wildman–Crippen LogP) is 3.19. The van der Waals surface area contributed by atoms with Crippen LogP contribution < -0.4 is 15.0 Å². The van der Waals surface area contributed by atoms with Crippen molar-refractivity contribution < 1.29 is 23.9 Å². The quantitative estimate of drug-likeness (QED) is 0.531. The normalized spacial score (nSPS) is 13.1. The van der Waals surface area contributed by atoms with Gasteiger partial charge in [-0.1, -0.05) is 30.3 Å². The van der Waals surface area contributed by atoms with Gasteiger partial charge in [-0.25, -0.2) is 9.48 Å². The van der Waals surface area contributed by atoms with Crippen LogP contribution in [0.1, 0.15) is 30.3 Å². The molecule has 1 saturated heterocycles.